The predicted octanol–water partition coefficient (Wildman–Crippen LogP) is 1.18. The van der Waals surface area contributed by atoms with E-state index < -0.39 is 24.1 Å². The molecule has 2 aromatic rings. The molecule has 1 saturated carbocycles. The van der Waals surface area contributed by atoms with E-state index in [2.05, 4.69) is 5.32 Å². The lowest BCUT2D eigenvalue weighted by Crippen LogP contribution is -2.45. The Bertz CT molecular complexity index is 953. The quantitative estimate of drug-likeness (QED) is 0.638. The van der Waals surface area contributed by atoms with Gasteiger partial charge in [-0.3, -0.25) is 4.57 Å². The number of primary amides is 1. The molecule has 4 rings (SSSR count). The van der Waals surface area contributed by atoms with Gasteiger partial charge in [0.2, 0.25) is 0 Å². The number of carbonyl (C=O) groups is 3. The zero-order chi connectivity index (χ0) is 19.3. The number of carboxylic acid groups (broad SMARTS) is 1. The van der Waals surface area contributed by atoms with Gasteiger partial charge >= 0.3 is 18.0 Å². The van der Waals surface area contributed by atoms with Crippen molar-refractivity contribution in [2.24, 2.45) is 11.7 Å². The summed E-state index contributed by atoms with van der Waals surface area (Å²) in [6.45, 7) is -0.0269. The molecule has 1 aliphatic heterocycles. The van der Waals surface area contributed by atoms with Crippen molar-refractivity contribution in [1.82, 2.24) is 9.47 Å². The van der Waals surface area contributed by atoms with Crippen molar-refractivity contribution >= 4 is 34.6 Å². The molecule has 5 N–H and O–H groups in total. The second-order valence-electron chi connectivity index (χ2n) is 7.07. The van der Waals surface area contributed by atoms with Gasteiger partial charge in [0.15, 0.2) is 0 Å². The van der Waals surface area contributed by atoms with Crippen molar-refractivity contribution in [2.75, 3.05) is 11.9 Å². The van der Waals surface area contributed by atoms with Crippen molar-refractivity contribution in [3.05, 3.63) is 30.0 Å². The van der Waals surface area contributed by atoms with Gasteiger partial charge in [-0.1, -0.05) is 6.07 Å². The minimum atomic E-state index is -1.01. The predicted molar refractivity (Wildman–Crippen MR) is 96.5 cm³/mol. The Morgan fingerprint density at radius 1 is 1.26 bits per heavy atom. The molecule has 2 heterocycles. The fourth-order valence-electron chi connectivity index (χ4n) is 3.99. The molecule has 1 aromatic heterocycles. The Hall–Kier alpha value is -3.07. The van der Waals surface area contributed by atoms with Gasteiger partial charge in [-0.25, -0.2) is 14.4 Å². The van der Waals surface area contributed by atoms with E-state index in [1.54, 1.807) is 18.2 Å². The highest BCUT2D eigenvalue weighted by molar-refractivity contribution is 6.05. The van der Waals surface area contributed by atoms with Crippen molar-refractivity contribution in [3.8, 4) is 0 Å². The van der Waals surface area contributed by atoms with Gasteiger partial charge < -0.3 is 26.2 Å². The van der Waals surface area contributed by atoms with Crippen molar-refractivity contribution in [1.29, 1.82) is 0 Å². The molecule has 1 aliphatic carbocycles. The van der Waals surface area contributed by atoms with E-state index in [9.17, 15) is 19.5 Å². The van der Waals surface area contributed by atoms with Crippen LogP contribution in [-0.4, -0.2) is 56.4 Å². The molecule has 2 fully saturated rings. The van der Waals surface area contributed by atoms with Gasteiger partial charge in [0.05, 0.1) is 11.2 Å². The number of hydrogen-bond acceptors (Lipinski definition) is 4. The summed E-state index contributed by atoms with van der Waals surface area (Å²) in [5.74, 6) is -0.762. The molecule has 0 radical (unpaired) electrons. The summed E-state index contributed by atoms with van der Waals surface area (Å²) in [6, 6.07) is 3.20. The van der Waals surface area contributed by atoms with Crippen LogP contribution in [0.15, 0.2) is 24.4 Å². The number of piperidine rings is 1. The number of aromatic nitrogens is 1. The normalized spacial score (nSPS) is 23.3. The topological polar surface area (TPSA) is 138 Å². The van der Waals surface area contributed by atoms with E-state index in [0.29, 0.717) is 29.4 Å². The summed E-state index contributed by atoms with van der Waals surface area (Å²) >= 11 is 0. The number of aliphatic hydroxyl groups is 1. The highest BCUT2D eigenvalue weighted by Crippen LogP contribution is 2.48. The molecule has 9 heteroatoms. The van der Waals surface area contributed by atoms with Crippen molar-refractivity contribution in [3.63, 3.8) is 0 Å². The SMILES string of the molecule is NC(=O)n1cc(NC(=O)N2[C@@H]3C[C@@H]3C[C@H]2C(=O)O)c2cc(CCO)ccc21. The number of rotatable bonds is 4. The number of likely N-dealkylation sites (tertiary alicyclic amines) is 1. The van der Waals surface area contributed by atoms with Crippen LogP contribution >= 0.6 is 0 Å². The third-order valence-electron chi connectivity index (χ3n) is 5.37. The number of nitrogens with two attached hydrogens (primary N) is 1. The van der Waals surface area contributed by atoms with E-state index in [4.69, 9.17) is 10.8 Å². The van der Waals surface area contributed by atoms with Crippen LogP contribution in [0, 0.1) is 5.92 Å². The largest absolute Gasteiger partial charge is 0.480 e. The maximum absolute atomic E-state index is 12.8. The van der Waals surface area contributed by atoms with E-state index in [1.807, 2.05) is 0 Å². The van der Waals surface area contributed by atoms with Crippen molar-refractivity contribution < 1.29 is 24.6 Å². The summed E-state index contributed by atoms with van der Waals surface area (Å²) in [5.41, 5.74) is 7.16. The number of aliphatic carboxylic acids is 1. The highest BCUT2D eigenvalue weighted by atomic mass is 16.4. The molecule has 9 nitrogen and oxygen atoms in total. The van der Waals surface area contributed by atoms with Crippen LogP contribution in [-0.2, 0) is 11.2 Å². The van der Waals surface area contributed by atoms with Gasteiger partial charge in [0.1, 0.15) is 6.04 Å². The second-order valence-corrected chi connectivity index (χ2v) is 7.07. The van der Waals surface area contributed by atoms with Gasteiger partial charge in [-0.2, -0.15) is 0 Å². The lowest BCUT2D eigenvalue weighted by molar-refractivity contribution is -0.141. The van der Waals surface area contributed by atoms with E-state index in [0.717, 1.165) is 12.0 Å². The minimum absolute atomic E-state index is 0.0269. The van der Waals surface area contributed by atoms with Crippen LogP contribution in [0.1, 0.15) is 18.4 Å². The van der Waals surface area contributed by atoms with Gasteiger partial charge in [0.25, 0.3) is 0 Å². The first kappa shape index (κ1) is 17.3. The van der Waals surface area contributed by atoms with E-state index in [-0.39, 0.29) is 18.6 Å². The van der Waals surface area contributed by atoms with E-state index >= 15 is 0 Å². The van der Waals surface area contributed by atoms with Crippen LogP contribution in [0.4, 0.5) is 15.3 Å². The fraction of sp³-hybridized carbons (Fsp3) is 0.389. The smallest absolute Gasteiger partial charge is 0.326 e. The molecule has 2 aliphatic rings. The molecule has 3 amide bonds. The zero-order valence-corrected chi connectivity index (χ0v) is 14.5. The van der Waals surface area contributed by atoms with Crippen LogP contribution in [0.3, 0.4) is 0 Å². The van der Waals surface area contributed by atoms with Crippen LogP contribution in [0.2, 0.25) is 0 Å². The molecule has 27 heavy (non-hydrogen) atoms. The number of nitrogens with one attached hydrogen (secondary N) is 1. The molecule has 142 valence electrons. The summed E-state index contributed by atoms with van der Waals surface area (Å²) in [4.78, 5) is 37.3. The Balaban J connectivity index is 1.68. The minimum Gasteiger partial charge on any atom is -0.480 e. The lowest BCUT2D eigenvalue weighted by atomic mass is 10.1. The molecule has 1 aromatic carbocycles. The zero-order valence-electron chi connectivity index (χ0n) is 14.5. The van der Waals surface area contributed by atoms with Gasteiger partial charge in [0, 0.05) is 24.2 Å². The number of anilines is 1. The number of amides is 3. The molecular weight excluding hydrogens is 352 g/mol. The first-order valence-electron chi connectivity index (χ1n) is 8.77. The molecule has 3 atom stereocenters. The number of carboxylic acids is 1. The average molecular weight is 372 g/mol. The Labute approximate surface area is 154 Å². The lowest BCUT2D eigenvalue weighted by Gasteiger charge is -2.24. The number of benzene rings is 1. The number of urea groups is 1. The Kier molecular flexibility index (Phi) is 4.03. The Morgan fingerprint density at radius 3 is 2.70 bits per heavy atom. The van der Waals surface area contributed by atoms with Crippen LogP contribution in [0.25, 0.3) is 10.9 Å². The maximum Gasteiger partial charge on any atom is 0.326 e. The average Bonchev–Trinajstić information content (AvgIpc) is 3.13. The summed E-state index contributed by atoms with van der Waals surface area (Å²) in [6.07, 6.45) is 3.16. The number of nitrogens with zero attached hydrogens (tertiary/aromatic N) is 2. The van der Waals surface area contributed by atoms with Crippen LogP contribution < -0.4 is 11.1 Å². The Morgan fingerprint density at radius 2 is 2.04 bits per heavy atom. The number of fused-ring (bicyclic) bond motifs is 2. The fourth-order valence-corrected chi connectivity index (χ4v) is 3.99. The maximum atomic E-state index is 12.8. The summed E-state index contributed by atoms with van der Waals surface area (Å²) < 4.78 is 1.23. The molecule has 0 bridgehead atoms. The molecule has 1 saturated heterocycles. The summed E-state index contributed by atoms with van der Waals surface area (Å²) in [5, 5.41) is 21.9. The number of carbonyl (C=O) groups excluding carboxylic acids is 2. The summed E-state index contributed by atoms with van der Waals surface area (Å²) in [7, 11) is 0. The first-order valence-corrected chi connectivity index (χ1v) is 8.77. The second kappa shape index (κ2) is 6.27. The number of aliphatic hydroxyl groups excluding tert-OH is 1. The molecule has 0 unspecified atom stereocenters. The molecular formula is C18H20N4O5. The monoisotopic (exact) mass is 372 g/mol. The standard InChI is InChI=1S/C18H20N4O5/c19-17(26)21-8-12(11-5-9(3-4-23)1-2-13(11)21)20-18(27)22-14-6-10(14)7-15(22)16(24)25/h1-2,5,8,10,14-15,23H,3-4,6-7H2,(H2,19,26)(H,20,27)(H,24,25)/t10-,14-,15+/m1/s1. The van der Waals surface area contributed by atoms with Crippen molar-refractivity contribution in [2.45, 2.75) is 31.3 Å². The highest BCUT2D eigenvalue weighted by Gasteiger charge is 2.56. The first-order chi connectivity index (χ1) is 12.9. The molecule has 0 spiro atoms. The third kappa shape index (κ3) is 2.89. The van der Waals surface area contributed by atoms with E-state index in [1.165, 1.54) is 15.7 Å². The number of hydrogen-bond donors (Lipinski definition) is 4. The van der Waals surface area contributed by atoms with Gasteiger partial charge in [-0.05, 0) is 42.9 Å². The van der Waals surface area contributed by atoms with Crippen LogP contribution in [0.5, 0.6) is 0 Å². The third-order valence-corrected chi connectivity index (χ3v) is 5.37. The van der Waals surface area contributed by atoms with Gasteiger partial charge in [-0.15, -0.1) is 0 Å².